The molecule has 0 unspecified atom stereocenters. The lowest BCUT2D eigenvalue weighted by molar-refractivity contribution is 0.204. The van der Waals surface area contributed by atoms with Crippen LogP contribution < -0.4 is 4.74 Å². The van der Waals surface area contributed by atoms with Crippen molar-refractivity contribution in [3.05, 3.63) is 23.8 Å². The van der Waals surface area contributed by atoms with Crippen LogP contribution in [-0.2, 0) is 14.3 Å². The van der Waals surface area contributed by atoms with E-state index >= 15 is 0 Å². The molecule has 2 rings (SSSR count). The van der Waals surface area contributed by atoms with Gasteiger partial charge in [0.05, 0.1) is 13.2 Å². The van der Waals surface area contributed by atoms with Crippen LogP contribution >= 0.6 is 0 Å². The summed E-state index contributed by atoms with van der Waals surface area (Å²) in [6.07, 6.45) is 6.11. The summed E-state index contributed by atoms with van der Waals surface area (Å²) in [6.45, 7) is 4.29. The molecule has 1 saturated carbocycles. The average Bonchev–Trinajstić information content (AvgIpc) is 2.46. The van der Waals surface area contributed by atoms with Crippen molar-refractivity contribution in [1.82, 2.24) is 0 Å². The highest BCUT2D eigenvalue weighted by atomic mass is 32.2. The highest BCUT2D eigenvalue weighted by Crippen LogP contribution is 2.29. The maximum absolute atomic E-state index is 12.1. The predicted octanol–water partition coefficient (Wildman–Crippen LogP) is 3.68. The first-order valence-electron chi connectivity index (χ1n) is 7.66. The first-order valence-corrected chi connectivity index (χ1v) is 9.06. The van der Waals surface area contributed by atoms with Crippen LogP contribution in [0.25, 0.3) is 0 Å². The van der Waals surface area contributed by atoms with Crippen LogP contribution in [0.3, 0.4) is 0 Å². The molecule has 0 bridgehead atoms. The Balaban J connectivity index is 2.15. The quantitative estimate of drug-likeness (QED) is 0.752. The fourth-order valence-corrected chi connectivity index (χ4v) is 3.75. The molecule has 0 saturated heterocycles. The highest BCUT2D eigenvalue weighted by molar-refractivity contribution is 7.86. The first kappa shape index (κ1) is 16.3. The Morgan fingerprint density at radius 2 is 1.90 bits per heavy atom. The van der Waals surface area contributed by atoms with Crippen molar-refractivity contribution in [1.29, 1.82) is 0 Å². The van der Waals surface area contributed by atoms with Gasteiger partial charge in [-0.25, -0.2) is 0 Å². The van der Waals surface area contributed by atoms with Crippen molar-refractivity contribution in [2.75, 3.05) is 13.2 Å². The molecule has 5 heteroatoms. The zero-order chi connectivity index (χ0) is 15.3. The maximum Gasteiger partial charge on any atom is 0.300 e. The summed E-state index contributed by atoms with van der Waals surface area (Å²) in [4.78, 5) is 0.130. The summed E-state index contributed by atoms with van der Waals surface area (Å²) in [5.74, 6) is 0.941. The molecule has 0 radical (unpaired) electrons. The van der Waals surface area contributed by atoms with Crippen LogP contribution in [0.2, 0.25) is 0 Å². The summed E-state index contributed by atoms with van der Waals surface area (Å²) in [5.41, 5.74) is 0.976. The zero-order valence-corrected chi connectivity index (χ0v) is 13.6. The van der Waals surface area contributed by atoms with Gasteiger partial charge >= 0.3 is 10.1 Å². The van der Waals surface area contributed by atoms with E-state index in [1.54, 1.807) is 25.1 Å². The van der Waals surface area contributed by atoms with Gasteiger partial charge in [-0.3, -0.25) is 4.18 Å². The molecule has 0 aliphatic heterocycles. The molecular formula is C16H24O4S. The molecule has 0 atom stereocenters. The van der Waals surface area contributed by atoms with Gasteiger partial charge in [0.15, 0.2) is 0 Å². The van der Waals surface area contributed by atoms with Gasteiger partial charge in [-0.2, -0.15) is 8.42 Å². The molecule has 0 amide bonds. The summed E-state index contributed by atoms with van der Waals surface area (Å²) >= 11 is 0. The minimum absolute atomic E-state index is 0.123. The van der Waals surface area contributed by atoms with E-state index in [9.17, 15) is 8.42 Å². The lowest BCUT2D eigenvalue weighted by atomic mass is 9.90. The van der Waals surface area contributed by atoms with Crippen LogP contribution in [0.15, 0.2) is 23.1 Å². The van der Waals surface area contributed by atoms with E-state index < -0.39 is 10.1 Å². The monoisotopic (exact) mass is 312 g/mol. The molecule has 1 aliphatic carbocycles. The summed E-state index contributed by atoms with van der Waals surface area (Å²) < 4.78 is 34.9. The van der Waals surface area contributed by atoms with Gasteiger partial charge in [0, 0.05) is 0 Å². The Hall–Kier alpha value is -1.07. The van der Waals surface area contributed by atoms with Crippen molar-refractivity contribution in [3.63, 3.8) is 0 Å². The molecule has 4 nitrogen and oxygen atoms in total. The lowest BCUT2D eigenvalue weighted by Gasteiger charge is -2.22. The zero-order valence-electron chi connectivity index (χ0n) is 12.8. The van der Waals surface area contributed by atoms with Gasteiger partial charge in [-0.1, -0.05) is 25.3 Å². The summed E-state index contributed by atoms with van der Waals surface area (Å²) in [7, 11) is -3.74. The van der Waals surface area contributed by atoms with E-state index in [4.69, 9.17) is 8.92 Å². The smallest absolute Gasteiger partial charge is 0.300 e. The number of ether oxygens (including phenoxy) is 1. The molecule has 118 valence electrons. The van der Waals surface area contributed by atoms with Crippen LogP contribution in [0.5, 0.6) is 5.75 Å². The fourth-order valence-electron chi connectivity index (χ4n) is 2.71. The topological polar surface area (TPSA) is 52.6 Å². The van der Waals surface area contributed by atoms with Gasteiger partial charge in [0.1, 0.15) is 10.6 Å². The second-order valence-electron chi connectivity index (χ2n) is 5.63. The summed E-state index contributed by atoms with van der Waals surface area (Å²) in [5, 5.41) is 0. The third-order valence-corrected chi connectivity index (χ3v) is 5.26. The Morgan fingerprint density at radius 3 is 2.57 bits per heavy atom. The van der Waals surface area contributed by atoms with Gasteiger partial charge in [0.2, 0.25) is 0 Å². The largest absolute Gasteiger partial charge is 0.492 e. The number of benzene rings is 1. The van der Waals surface area contributed by atoms with E-state index in [1.807, 2.05) is 6.92 Å². The highest BCUT2D eigenvalue weighted by Gasteiger charge is 2.22. The van der Waals surface area contributed by atoms with Crippen molar-refractivity contribution in [3.8, 4) is 5.75 Å². The Morgan fingerprint density at radius 1 is 1.19 bits per heavy atom. The third-order valence-electron chi connectivity index (χ3n) is 3.84. The van der Waals surface area contributed by atoms with E-state index in [0.717, 1.165) is 5.56 Å². The van der Waals surface area contributed by atoms with Gasteiger partial charge in [-0.15, -0.1) is 0 Å². The average molecular weight is 312 g/mol. The van der Waals surface area contributed by atoms with E-state index in [2.05, 4.69) is 0 Å². The number of rotatable bonds is 6. The molecule has 0 aromatic heterocycles. The molecule has 21 heavy (non-hydrogen) atoms. The second kappa shape index (κ2) is 7.27. The number of aryl methyl sites for hydroxylation is 1. The van der Waals surface area contributed by atoms with Gasteiger partial charge in [0.25, 0.3) is 0 Å². The molecule has 0 spiro atoms. The SMILES string of the molecule is CCOS(=O)(=O)c1ccc(C)cc1OCC1CCCCC1. The summed E-state index contributed by atoms with van der Waals surface area (Å²) in [6, 6.07) is 5.10. The predicted molar refractivity (Wildman–Crippen MR) is 82.1 cm³/mol. The first-order chi connectivity index (χ1) is 10.0. The van der Waals surface area contributed by atoms with Crippen LogP contribution in [0, 0.1) is 12.8 Å². The molecule has 0 heterocycles. The van der Waals surface area contributed by atoms with E-state index in [-0.39, 0.29) is 11.5 Å². The molecule has 1 aromatic carbocycles. The third kappa shape index (κ3) is 4.45. The fraction of sp³-hybridized carbons (Fsp3) is 0.625. The van der Waals surface area contributed by atoms with Crippen molar-refractivity contribution < 1.29 is 17.3 Å². The minimum Gasteiger partial charge on any atom is -0.492 e. The van der Waals surface area contributed by atoms with Crippen LogP contribution in [-0.4, -0.2) is 21.6 Å². The molecule has 1 aromatic rings. The number of hydrogen-bond acceptors (Lipinski definition) is 4. The van der Waals surface area contributed by atoms with E-state index in [0.29, 0.717) is 18.3 Å². The van der Waals surface area contributed by atoms with Crippen LogP contribution in [0.4, 0.5) is 0 Å². The lowest BCUT2D eigenvalue weighted by Crippen LogP contribution is -2.17. The number of hydrogen-bond donors (Lipinski definition) is 0. The minimum atomic E-state index is -3.74. The Labute approximate surface area is 127 Å². The Kier molecular flexibility index (Phi) is 5.65. The van der Waals surface area contributed by atoms with Crippen molar-refractivity contribution >= 4 is 10.1 Å². The van der Waals surface area contributed by atoms with Gasteiger partial charge in [-0.05, 0) is 50.3 Å². The van der Waals surface area contributed by atoms with Gasteiger partial charge < -0.3 is 4.74 Å². The van der Waals surface area contributed by atoms with E-state index in [1.165, 1.54) is 32.1 Å². The second-order valence-corrected chi connectivity index (χ2v) is 7.21. The molecular weight excluding hydrogens is 288 g/mol. The van der Waals surface area contributed by atoms with Crippen molar-refractivity contribution in [2.45, 2.75) is 50.8 Å². The van der Waals surface area contributed by atoms with Crippen LogP contribution in [0.1, 0.15) is 44.6 Å². The Bertz CT molecular complexity index is 560. The molecule has 1 fully saturated rings. The normalized spacial score (nSPS) is 16.9. The van der Waals surface area contributed by atoms with Crippen molar-refractivity contribution in [2.24, 2.45) is 5.92 Å². The molecule has 0 N–H and O–H groups in total. The maximum atomic E-state index is 12.1. The molecule has 1 aliphatic rings. The standard InChI is InChI=1S/C16H24O4S/c1-3-20-21(17,18)16-10-9-13(2)11-15(16)19-12-14-7-5-4-6-8-14/h9-11,14H,3-8,12H2,1-2H3.